The van der Waals surface area contributed by atoms with Crippen molar-refractivity contribution in [3.8, 4) is 11.5 Å². The first kappa shape index (κ1) is 24.6. The molecular formula is C27H37NO6. The molecule has 0 spiro atoms. The second kappa shape index (κ2) is 9.98. The van der Waals surface area contributed by atoms with Gasteiger partial charge >= 0.3 is 5.97 Å². The van der Waals surface area contributed by atoms with Crippen molar-refractivity contribution in [1.82, 2.24) is 4.90 Å². The zero-order valence-corrected chi connectivity index (χ0v) is 21.0. The van der Waals surface area contributed by atoms with E-state index >= 15 is 0 Å². The van der Waals surface area contributed by atoms with Crippen LogP contribution in [0.25, 0.3) is 0 Å². The molecule has 0 bridgehead atoms. The lowest BCUT2D eigenvalue weighted by Crippen LogP contribution is -2.55. The molecule has 3 atom stereocenters. The fourth-order valence-corrected chi connectivity index (χ4v) is 6.05. The summed E-state index contributed by atoms with van der Waals surface area (Å²) in [5.74, 6) is 0.973. The number of nitrogens with zero attached hydrogens (tertiary/aromatic N) is 1. The Morgan fingerprint density at radius 1 is 1.15 bits per heavy atom. The summed E-state index contributed by atoms with van der Waals surface area (Å²) in [4.78, 5) is 27.9. The molecular weight excluding hydrogens is 434 g/mol. The lowest BCUT2D eigenvalue weighted by atomic mass is 9.61. The van der Waals surface area contributed by atoms with Gasteiger partial charge in [-0.15, -0.1) is 0 Å². The number of hydrogen-bond donors (Lipinski definition) is 0. The van der Waals surface area contributed by atoms with Crippen molar-refractivity contribution in [1.29, 1.82) is 0 Å². The number of benzene rings is 1. The molecule has 2 heterocycles. The Hall–Kier alpha value is -2.54. The SMILES string of the molecule is CCOC(=O)C1=CN2C(CC1=O)c1cc(OC)c(OCCCOC)cc1C1CCCC(C)(C)C12. The van der Waals surface area contributed by atoms with E-state index in [0.29, 0.717) is 19.0 Å². The van der Waals surface area contributed by atoms with E-state index in [0.717, 1.165) is 37.0 Å². The van der Waals surface area contributed by atoms with Gasteiger partial charge in [0.1, 0.15) is 5.57 Å². The third-order valence-electron chi connectivity index (χ3n) is 7.53. The predicted molar refractivity (Wildman–Crippen MR) is 128 cm³/mol. The number of ketones is 1. The van der Waals surface area contributed by atoms with Crippen molar-refractivity contribution in [2.45, 2.75) is 70.9 Å². The quantitative estimate of drug-likeness (QED) is 0.313. The summed E-state index contributed by atoms with van der Waals surface area (Å²) in [5, 5.41) is 0. The molecule has 0 N–H and O–H groups in total. The molecule has 34 heavy (non-hydrogen) atoms. The highest BCUT2D eigenvalue weighted by Crippen LogP contribution is 2.56. The Morgan fingerprint density at radius 3 is 2.62 bits per heavy atom. The largest absolute Gasteiger partial charge is 0.493 e. The number of carbonyl (C=O) groups is 2. The monoisotopic (exact) mass is 471 g/mol. The minimum atomic E-state index is -0.528. The number of rotatable bonds is 8. The first-order valence-electron chi connectivity index (χ1n) is 12.4. The molecule has 0 saturated heterocycles. The molecule has 186 valence electrons. The lowest BCUT2D eigenvalue weighted by molar-refractivity contribution is -0.141. The molecule has 2 aliphatic heterocycles. The van der Waals surface area contributed by atoms with Crippen molar-refractivity contribution in [3.05, 3.63) is 35.0 Å². The molecule has 0 amide bonds. The third kappa shape index (κ3) is 4.42. The molecule has 0 aromatic heterocycles. The van der Waals surface area contributed by atoms with E-state index in [-0.39, 0.29) is 47.8 Å². The molecule has 7 heteroatoms. The third-order valence-corrected chi connectivity index (χ3v) is 7.53. The van der Waals surface area contributed by atoms with Gasteiger partial charge in [-0.25, -0.2) is 4.79 Å². The van der Waals surface area contributed by atoms with Crippen LogP contribution in [0.3, 0.4) is 0 Å². The fraction of sp³-hybridized carbons (Fsp3) is 0.630. The Balaban J connectivity index is 1.79. The van der Waals surface area contributed by atoms with Gasteiger partial charge < -0.3 is 23.8 Å². The summed E-state index contributed by atoms with van der Waals surface area (Å²) >= 11 is 0. The number of hydrogen-bond acceptors (Lipinski definition) is 7. The molecule has 3 aliphatic rings. The van der Waals surface area contributed by atoms with Gasteiger partial charge in [-0.3, -0.25) is 4.79 Å². The van der Waals surface area contributed by atoms with Gasteiger partial charge in [-0.1, -0.05) is 20.3 Å². The van der Waals surface area contributed by atoms with Crippen LogP contribution in [0.15, 0.2) is 23.9 Å². The standard InChI is InChI=1S/C27H37NO6/c1-6-33-26(30)20-16-28-21(15-22(20)29)19-14-23(32-5)24(34-12-8-11-31-4)13-18(19)17-9-7-10-27(2,3)25(17)28/h13-14,16-17,21,25H,6-12,15H2,1-5H3. The summed E-state index contributed by atoms with van der Waals surface area (Å²) in [5.41, 5.74) is 2.51. The van der Waals surface area contributed by atoms with Crippen LogP contribution in [-0.2, 0) is 19.1 Å². The summed E-state index contributed by atoms with van der Waals surface area (Å²) < 4.78 is 22.1. The molecule has 3 unspecified atom stereocenters. The van der Waals surface area contributed by atoms with E-state index in [1.807, 2.05) is 6.07 Å². The van der Waals surface area contributed by atoms with Crippen molar-refractivity contribution >= 4 is 11.8 Å². The highest BCUT2D eigenvalue weighted by Gasteiger charge is 2.51. The smallest absolute Gasteiger partial charge is 0.343 e. The molecule has 1 aromatic rings. The van der Waals surface area contributed by atoms with E-state index in [2.05, 4.69) is 24.8 Å². The Kier molecular flexibility index (Phi) is 7.22. The van der Waals surface area contributed by atoms with Crippen LogP contribution in [-0.4, -0.2) is 56.7 Å². The van der Waals surface area contributed by atoms with Crippen LogP contribution < -0.4 is 9.47 Å². The van der Waals surface area contributed by atoms with Crippen LogP contribution in [0.5, 0.6) is 11.5 Å². The maximum Gasteiger partial charge on any atom is 0.343 e. The number of ether oxygens (including phenoxy) is 4. The first-order chi connectivity index (χ1) is 16.3. The zero-order valence-electron chi connectivity index (χ0n) is 21.0. The van der Waals surface area contributed by atoms with E-state index < -0.39 is 5.97 Å². The van der Waals surface area contributed by atoms with Gasteiger partial charge in [0.25, 0.3) is 0 Å². The van der Waals surface area contributed by atoms with E-state index in [1.54, 1.807) is 27.3 Å². The fourth-order valence-electron chi connectivity index (χ4n) is 6.05. The van der Waals surface area contributed by atoms with Crippen LogP contribution in [0, 0.1) is 5.41 Å². The Bertz CT molecular complexity index is 968. The predicted octanol–water partition coefficient (Wildman–Crippen LogP) is 4.55. The molecule has 1 aliphatic carbocycles. The minimum absolute atomic E-state index is 0.0227. The Labute approximate surface area is 202 Å². The highest BCUT2D eigenvalue weighted by atomic mass is 16.5. The van der Waals surface area contributed by atoms with Crippen molar-refractivity contribution in [3.63, 3.8) is 0 Å². The second-order valence-electron chi connectivity index (χ2n) is 10.1. The maximum atomic E-state index is 13.1. The second-order valence-corrected chi connectivity index (χ2v) is 10.1. The minimum Gasteiger partial charge on any atom is -0.493 e. The summed E-state index contributed by atoms with van der Waals surface area (Å²) in [7, 11) is 3.32. The number of carbonyl (C=O) groups excluding carboxylic acids is 2. The molecule has 0 radical (unpaired) electrons. The summed E-state index contributed by atoms with van der Waals surface area (Å²) in [6.45, 7) is 7.78. The number of methoxy groups -OCH3 is 2. The average Bonchev–Trinajstić information content (AvgIpc) is 2.81. The van der Waals surface area contributed by atoms with Gasteiger partial charge in [0, 0.05) is 44.7 Å². The summed E-state index contributed by atoms with van der Waals surface area (Å²) in [6, 6.07) is 4.20. The molecule has 4 rings (SSSR count). The molecule has 1 saturated carbocycles. The van der Waals surface area contributed by atoms with Gasteiger partial charge in [0.2, 0.25) is 0 Å². The van der Waals surface area contributed by atoms with Crippen LogP contribution in [0.2, 0.25) is 0 Å². The van der Waals surface area contributed by atoms with Gasteiger partial charge in [0.05, 0.1) is 26.4 Å². The van der Waals surface area contributed by atoms with Crippen LogP contribution >= 0.6 is 0 Å². The van der Waals surface area contributed by atoms with Crippen molar-refractivity contribution in [2.75, 3.05) is 34.0 Å². The lowest BCUT2D eigenvalue weighted by Gasteiger charge is -2.56. The van der Waals surface area contributed by atoms with Gasteiger partial charge in [0.15, 0.2) is 17.3 Å². The van der Waals surface area contributed by atoms with Gasteiger partial charge in [-0.2, -0.15) is 0 Å². The maximum absolute atomic E-state index is 13.1. The molecule has 7 nitrogen and oxygen atoms in total. The van der Waals surface area contributed by atoms with E-state index in [1.165, 1.54) is 5.56 Å². The Morgan fingerprint density at radius 2 is 1.91 bits per heavy atom. The first-order valence-corrected chi connectivity index (χ1v) is 12.4. The number of Topliss-reactive ketones (excluding diaryl/α,β-unsaturated/α-hetero) is 1. The molecule has 1 aromatic carbocycles. The topological polar surface area (TPSA) is 74.3 Å². The number of fused-ring (bicyclic) bond motifs is 6. The average molecular weight is 472 g/mol. The van der Waals surface area contributed by atoms with Crippen molar-refractivity contribution < 1.29 is 28.5 Å². The zero-order chi connectivity index (χ0) is 24.5. The summed E-state index contributed by atoms with van der Waals surface area (Å²) in [6.07, 6.45) is 6.10. The van der Waals surface area contributed by atoms with E-state index in [4.69, 9.17) is 18.9 Å². The molecule has 1 fully saturated rings. The van der Waals surface area contributed by atoms with Gasteiger partial charge in [-0.05, 0) is 48.4 Å². The van der Waals surface area contributed by atoms with Crippen molar-refractivity contribution in [2.24, 2.45) is 5.41 Å². The highest BCUT2D eigenvalue weighted by molar-refractivity contribution is 6.17. The number of esters is 1. The van der Waals surface area contributed by atoms with Crippen LogP contribution in [0.1, 0.15) is 76.0 Å². The van der Waals surface area contributed by atoms with E-state index in [9.17, 15) is 9.59 Å². The van der Waals surface area contributed by atoms with Crippen LogP contribution in [0.4, 0.5) is 0 Å². The normalized spacial score (nSPS) is 25.0.